The first-order chi connectivity index (χ1) is 16.4. The van der Waals surface area contributed by atoms with Crippen molar-refractivity contribution in [2.24, 2.45) is 7.05 Å². The number of anilines is 4. The second-order valence-corrected chi connectivity index (χ2v) is 7.76. The van der Waals surface area contributed by atoms with Crippen LogP contribution < -0.4 is 19.9 Å². The van der Waals surface area contributed by atoms with E-state index in [-0.39, 0.29) is 18.5 Å². The zero-order valence-electron chi connectivity index (χ0n) is 18.4. The number of benzene rings is 2. The highest BCUT2D eigenvalue weighted by Crippen LogP contribution is 2.37. The Morgan fingerprint density at radius 2 is 1.91 bits per heavy atom. The van der Waals surface area contributed by atoms with E-state index in [1.807, 2.05) is 31.4 Å². The largest absolute Gasteiger partial charge is 0.497 e. The van der Waals surface area contributed by atoms with Crippen molar-refractivity contribution in [3.05, 3.63) is 60.4 Å². The maximum Gasteiger partial charge on any atom is 0.335 e. The third-order valence-electron chi connectivity index (χ3n) is 5.46. The summed E-state index contributed by atoms with van der Waals surface area (Å²) in [7, 11) is 3.39. The summed E-state index contributed by atoms with van der Waals surface area (Å²) < 4.78 is 32.3. The normalized spacial score (nSPS) is 13.5. The standard InChI is InChI=1S/C23H21F2N7O2/c1-30-12-14-9-17(5-8-19(14)29-30)31-13-15-10-26-22(27-11-20(24)25)28-21(15)32(23(31)33)16-3-6-18(34-2)7-4-16/h3-10,12,20H,11,13H2,1-2H3,(H,26,27,28). The third kappa shape index (κ3) is 3.96. The molecule has 2 amide bonds. The van der Waals surface area contributed by atoms with E-state index in [4.69, 9.17) is 4.74 Å². The molecular formula is C23H21F2N7O2. The van der Waals surface area contributed by atoms with Crippen molar-refractivity contribution in [2.45, 2.75) is 13.0 Å². The summed E-state index contributed by atoms with van der Waals surface area (Å²) >= 11 is 0. The van der Waals surface area contributed by atoms with Crippen LogP contribution in [0.1, 0.15) is 5.56 Å². The first-order valence-electron chi connectivity index (χ1n) is 10.5. The van der Waals surface area contributed by atoms with Gasteiger partial charge < -0.3 is 10.1 Å². The number of methoxy groups -OCH3 is 1. The number of halogens is 2. The molecule has 11 heteroatoms. The second kappa shape index (κ2) is 8.58. The van der Waals surface area contributed by atoms with Crippen LogP contribution in [0, 0.1) is 0 Å². The van der Waals surface area contributed by atoms with Gasteiger partial charge in [0.15, 0.2) is 5.82 Å². The van der Waals surface area contributed by atoms with Gasteiger partial charge in [-0.15, -0.1) is 0 Å². The Bertz CT molecular complexity index is 1360. The molecule has 1 aliphatic heterocycles. The average Bonchev–Trinajstić information content (AvgIpc) is 3.21. The van der Waals surface area contributed by atoms with Crippen molar-refractivity contribution in [2.75, 3.05) is 28.8 Å². The topological polar surface area (TPSA) is 88.4 Å². The van der Waals surface area contributed by atoms with Gasteiger partial charge in [-0.1, -0.05) is 0 Å². The first kappa shape index (κ1) is 21.6. The van der Waals surface area contributed by atoms with Crippen molar-refractivity contribution in [3.8, 4) is 5.75 Å². The summed E-state index contributed by atoms with van der Waals surface area (Å²) in [4.78, 5) is 25.4. The summed E-state index contributed by atoms with van der Waals surface area (Å²) in [5.74, 6) is 0.991. The summed E-state index contributed by atoms with van der Waals surface area (Å²) in [5, 5.41) is 7.80. The molecule has 1 N–H and O–H groups in total. The molecule has 0 spiro atoms. The van der Waals surface area contributed by atoms with Gasteiger partial charge in [-0.3, -0.25) is 9.58 Å². The number of fused-ring (bicyclic) bond motifs is 2. The SMILES string of the molecule is COc1ccc(N2C(=O)N(c3ccc4nn(C)cc4c3)Cc3cnc(NCC(F)F)nc32)cc1. The summed E-state index contributed by atoms with van der Waals surface area (Å²) in [6.45, 7) is -0.367. The molecule has 4 aromatic rings. The molecule has 0 atom stereocenters. The number of carbonyl (C=O) groups is 1. The number of hydrogen-bond acceptors (Lipinski definition) is 6. The monoisotopic (exact) mass is 465 g/mol. The fraction of sp³-hybridized carbons (Fsp3) is 0.217. The van der Waals surface area contributed by atoms with E-state index in [2.05, 4.69) is 20.4 Å². The third-order valence-corrected chi connectivity index (χ3v) is 5.46. The summed E-state index contributed by atoms with van der Waals surface area (Å²) in [6, 6.07) is 12.2. The van der Waals surface area contributed by atoms with E-state index in [1.165, 1.54) is 4.90 Å². The van der Waals surface area contributed by atoms with Gasteiger partial charge in [0.05, 0.1) is 31.4 Å². The van der Waals surface area contributed by atoms with Crippen LogP contribution in [0.4, 0.5) is 36.7 Å². The van der Waals surface area contributed by atoms with E-state index in [9.17, 15) is 13.6 Å². The molecule has 0 bridgehead atoms. The lowest BCUT2D eigenvalue weighted by Crippen LogP contribution is -2.45. The minimum absolute atomic E-state index is 0.0237. The van der Waals surface area contributed by atoms with Crippen molar-refractivity contribution in [1.82, 2.24) is 19.7 Å². The van der Waals surface area contributed by atoms with Crippen LogP contribution in [-0.2, 0) is 13.6 Å². The number of urea groups is 1. The molecule has 5 rings (SSSR count). The molecule has 0 fully saturated rings. The number of rotatable bonds is 6. The number of aryl methyl sites for hydroxylation is 1. The molecule has 2 aromatic heterocycles. The van der Waals surface area contributed by atoms with Gasteiger partial charge >= 0.3 is 6.03 Å². The zero-order chi connectivity index (χ0) is 23.8. The van der Waals surface area contributed by atoms with E-state index in [0.29, 0.717) is 28.5 Å². The summed E-state index contributed by atoms with van der Waals surface area (Å²) in [6.07, 6.45) is 0.873. The average molecular weight is 465 g/mol. The summed E-state index contributed by atoms with van der Waals surface area (Å²) in [5.41, 5.74) is 2.73. The van der Waals surface area contributed by atoms with Crippen LogP contribution >= 0.6 is 0 Å². The lowest BCUT2D eigenvalue weighted by Gasteiger charge is -2.36. The van der Waals surface area contributed by atoms with Gasteiger partial charge in [-0.25, -0.2) is 23.5 Å². The number of amides is 2. The predicted octanol–water partition coefficient (Wildman–Crippen LogP) is 4.33. The number of hydrogen-bond donors (Lipinski definition) is 1. The Balaban J connectivity index is 1.58. The predicted molar refractivity (Wildman–Crippen MR) is 124 cm³/mol. The quantitative estimate of drug-likeness (QED) is 0.456. The maximum atomic E-state index is 13.8. The van der Waals surface area contributed by atoms with E-state index in [1.54, 1.807) is 47.2 Å². The maximum absolute atomic E-state index is 13.8. The molecule has 0 saturated heterocycles. The van der Waals surface area contributed by atoms with Gasteiger partial charge in [0.1, 0.15) is 5.75 Å². The van der Waals surface area contributed by atoms with Crippen molar-refractivity contribution >= 4 is 40.1 Å². The lowest BCUT2D eigenvalue weighted by atomic mass is 10.1. The Kier molecular flexibility index (Phi) is 5.44. The number of ether oxygens (including phenoxy) is 1. The molecule has 0 aliphatic carbocycles. The van der Waals surface area contributed by atoms with E-state index < -0.39 is 13.0 Å². The van der Waals surface area contributed by atoms with Crippen LogP contribution in [0.25, 0.3) is 10.9 Å². The molecule has 1 aliphatic rings. The number of alkyl halides is 2. The Hall–Kier alpha value is -4.28. The molecule has 174 valence electrons. The number of carbonyl (C=O) groups excluding carboxylic acids is 1. The highest BCUT2D eigenvalue weighted by molar-refractivity contribution is 6.10. The van der Waals surface area contributed by atoms with Crippen molar-refractivity contribution in [3.63, 3.8) is 0 Å². The second-order valence-electron chi connectivity index (χ2n) is 7.76. The fourth-order valence-corrected chi connectivity index (χ4v) is 3.88. The molecule has 0 saturated carbocycles. The van der Waals surface area contributed by atoms with Crippen LogP contribution in [-0.4, -0.2) is 45.9 Å². The highest BCUT2D eigenvalue weighted by Gasteiger charge is 2.34. The molecular weight excluding hydrogens is 444 g/mol. The molecule has 34 heavy (non-hydrogen) atoms. The van der Waals surface area contributed by atoms with Gasteiger partial charge in [-0.2, -0.15) is 10.1 Å². The smallest absolute Gasteiger partial charge is 0.335 e. The number of nitrogens with one attached hydrogen (secondary N) is 1. The van der Waals surface area contributed by atoms with Crippen LogP contribution in [0.5, 0.6) is 5.75 Å². The Morgan fingerprint density at radius 1 is 1.15 bits per heavy atom. The molecule has 9 nitrogen and oxygen atoms in total. The molecule has 0 radical (unpaired) electrons. The van der Waals surface area contributed by atoms with Crippen LogP contribution in [0.2, 0.25) is 0 Å². The van der Waals surface area contributed by atoms with Gasteiger partial charge in [-0.05, 0) is 42.5 Å². The number of aromatic nitrogens is 4. The van der Waals surface area contributed by atoms with Crippen molar-refractivity contribution < 1.29 is 18.3 Å². The van der Waals surface area contributed by atoms with E-state index >= 15 is 0 Å². The van der Waals surface area contributed by atoms with Gasteiger partial charge in [0, 0.05) is 36.1 Å². The first-order valence-corrected chi connectivity index (χ1v) is 10.5. The van der Waals surface area contributed by atoms with Crippen molar-refractivity contribution in [1.29, 1.82) is 0 Å². The minimum Gasteiger partial charge on any atom is -0.497 e. The Morgan fingerprint density at radius 3 is 2.65 bits per heavy atom. The minimum atomic E-state index is -2.56. The molecule has 2 aromatic carbocycles. The number of nitrogens with zero attached hydrogens (tertiary/aromatic N) is 6. The molecule has 0 unspecified atom stereocenters. The van der Waals surface area contributed by atoms with Crippen LogP contribution in [0.3, 0.4) is 0 Å². The Labute approximate surface area is 193 Å². The fourth-order valence-electron chi connectivity index (χ4n) is 3.88. The zero-order valence-corrected chi connectivity index (χ0v) is 18.4. The lowest BCUT2D eigenvalue weighted by molar-refractivity contribution is 0.163. The van der Waals surface area contributed by atoms with Crippen LogP contribution in [0.15, 0.2) is 54.9 Å². The van der Waals surface area contributed by atoms with E-state index in [0.717, 1.165) is 10.9 Å². The molecule has 3 heterocycles. The van der Waals surface area contributed by atoms with Gasteiger partial charge in [0.25, 0.3) is 6.43 Å². The highest BCUT2D eigenvalue weighted by atomic mass is 19.3. The van der Waals surface area contributed by atoms with Gasteiger partial charge in [0.2, 0.25) is 5.95 Å².